The number of anilines is 1. The molecular formula is C26H30FN5O3. The van der Waals surface area contributed by atoms with Crippen molar-refractivity contribution in [1.29, 1.82) is 5.26 Å². The van der Waals surface area contributed by atoms with Gasteiger partial charge in [-0.25, -0.2) is 9.37 Å². The molecule has 3 heterocycles. The lowest BCUT2D eigenvalue weighted by Crippen LogP contribution is -2.57. The first-order chi connectivity index (χ1) is 16.7. The third kappa shape index (κ3) is 4.30. The standard InChI is InChI=1S/C26H30FN5O3/c1-15-14-32(22-11-25(33)30(4)21-8-7-18(12-28)29-26(21)22)16(2)13-31(15)17(3)19-9-23(34-5)24(35-6)10-20(19)27/h7-11,15-17H,13-14H2,1-6H3/t15-,16+,17?/m1/s1. The summed E-state index contributed by atoms with van der Waals surface area (Å²) in [5.74, 6) is 0.498. The number of ether oxygens (including phenoxy) is 2. The monoisotopic (exact) mass is 479 g/mol. The Labute approximate surface area is 204 Å². The summed E-state index contributed by atoms with van der Waals surface area (Å²) >= 11 is 0. The van der Waals surface area contributed by atoms with Gasteiger partial charge < -0.3 is 18.9 Å². The van der Waals surface area contributed by atoms with Crippen LogP contribution >= 0.6 is 0 Å². The molecule has 8 nitrogen and oxygen atoms in total. The Bertz CT molecular complexity index is 1370. The van der Waals surface area contributed by atoms with Crippen LogP contribution in [0, 0.1) is 17.1 Å². The zero-order valence-electron chi connectivity index (χ0n) is 20.9. The van der Waals surface area contributed by atoms with Crippen molar-refractivity contribution >= 4 is 16.7 Å². The molecule has 0 saturated carbocycles. The van der Waals surface area contributed by atoms with Gasteiger partial charge in [-0.3, -0.25) is 9.69 Å². The fraction of sp³-hybridized carbons (Fsp3) is 0.423. The Morgan fingerprint density at radius 2 is 1.80 bits per heavy atom. The molecule has 3 aromatic rings. The molecule has 1 fully saturated rings. The van der Waals surface area contributed by atoms with Crippen LogP contribution in [0.1, 0.15) is 38.1 Å². The first-order valence-electron chi connectivity index (χ1n) is 11.5. The van der Waals surface area contributed by atoms with E-state index in [2.05, 4.69) is 34.7 Å². The minimum atomic E-state index is -0.344. The predicted octanol–water partition coefficient (Wildman–Crippen LogP) is 3.62. The molecule has 1 aromatic carbocycles. The van der Waals surface area contributed by atoms with Gasteiger partial charge in [-0.05, 0) is 39.0 Å². The molecule has 0 spiro atoms. The van der Waals surface area contributed by atoms with Crippen LogP contribution in [0.3, 0.4) is 0 Å². The van der Waals surface area contributed by atoms with E-state index in [0.29, 0.717) is 52.6 Å². The molecule has 35 heavy (non-hydrogen) atoms. The van der Waals surface area contributed by atoms with Gasteiger partial charge in [-0.2, -0.15) is 5.26 Å². The van der Waals surface area contributed by atoms with Crippen LogP contribution in [-0.2, 0) is 7.05 Å². The molecule has 3 atom stereocenters. The molecule has 0 radical (unpaired) electrons. The normalized spacial score (nSPS) is 19.4. The molecule has 1 unspecified atom stereocenters. The molecule has 184 valence electrons. The Morgan fingerprint density at radius 3 is 2.46 bits per heavy atom. The topological polar surface area (TPSA) is 83.6 Å². The largest absolute Gasteiger partial charge is 0.493 e. The number of benzene rings is 1. The summed E-state index contributed by atoms with van der Waals surface area (Å²) in [6.07, 6.45) is 0. The SMILES string of the molecule is COc1cc(F)c(C(C)N2C[C@H](C)N(c3cc(=O)n(C)c4ccc(C#N)nc34)C[C@H]2C)cc1OC. The van der Waals surface area contributed by atoms with Gasteiger partial charge in [0.15, 0.2) is 11.5 Å². The molecule has 1 aliphatic heterocycles. The average molecular weight is 480 g/mol. The maximum atomic E-state index is 15.0. The van der Waals surface area contributed by atoms with E-state index in [1.165, 1.54) is 20.3 Å². The first kappa shape index (κ1) is 24.5. The minimum Gasteiger partial charge on any atom is -0.493 e. The fourth-order valence-corrected chi connectivity index (χ4v) is 4.99. The maximum absolute atomic E-state index is 15.0. The quantitative estimate of drug-likeness (QED) is 0.553. The lowest BCUT2D eigenvalue weighted by atomic mass is 9.99. The summed E-state index contributed by atoms with van der Waals surface area (Å²) in [4.78, 5) is 21.7. The number of hydrogen-bond donors (Lipinski definition) is 0. The third-order valence-corrected chi connectivity index (χ3v) is 6.98. The predicted molar refractivity (Wildman–Crippen MR) is 133 cm³/mol. The van der Waals surface area contributed by atoms with Crippen LogP contribution in [0.5, 0.6) is 11.5 Å². The molecule has 4 rings (SSSR count). The highest BCUT2D eigenvalue weighted by molar-refractivity contribution is 5.89. The number of halogens is 1. The Hall–Kier alpha value is -3.64. The van der Waals surface area contributed by atoms with Gasteiger partial charge in [0.25, 0.3) is 5.56 Å². The smallest absolute Gasteiger partial charge is 0.252 e. The van der Waals surface area contributed by atoms with E-state index in [-0.39, 0.29) is 29.5 Å². The van der Waals surface area contributed by atoms with Gasteiger partial charge in [0.1, 0.15) is 23.1 Å². The molecule has 1 aliphatic rings. The molecule has 0 amide bonds. The molecule has 0 N–H and O–H groups in total. The maximum Gasteiger partial charge on any atom is 0.252 e. The first-order valence-corrected chi connectivity index (χ1v) is 11.5. The second-order valence-corrected chi connectivity index (χ2v) is 9.05. The highest BCUT2D eigenvalue weighted by Gasteiger charge is 2.35. The number of methoxy groups -OCH3 is 2. The molecule has 0 aliphatic carbocycles. The number of aromatic nitrogens is 2. The van der Waals surface area contributed by atoms with Crippen LogP contribution in [0.4, 0.5) is 10.1 Å². The molecule has 2 aromatic heterocycles. The van der Waals surface area contributed by atoms with Crippen LogP contribution in [-0.4, -0.2) is 53.8 Å². The highest BCUT2D eigenvalue weighted by Crippen LogP contribution is 2.37. The summed E-state index contributed by atoms with van der Waals surface area (Å²) in [6, 6.07) is 9.97. The Morgan fingerprint density at radius 1 is 1.11 bits per heavy atom. The lowest BCUT2D eigenvalue weighted by Gasteiger charge is -2.47. The van der Waals surface area contributed by atoms with E-state index in [1.807, 2.05) is 6.92 Å². The van der Waals surface area contributed by atoms with Crippen molar-refractivity contribution in [1.82, 2.24) is 14.5 Å². The number of piperazine rings is 1. The van der Waals surface area contributed by atoms with Crippen molar-refractivity contribution in [2.45, 2.75) is 38.9 Å². The van der Waals surface area contributed by atoms with E-state index in [9.17, 15) is 10.1 Å². The zero-order valence-corrected chi connectivity index (χ0v) is 20.9. The lowest BCUT2D eigenvalue weighted by molar-refractivity contribution is 0.117. The summed E-state index contributed by atoms with van der Waals surface area (Å²) in [6.45, 7) is 7.41. The number of rotatable bonds is 5. The summed E-state index contributed by atoms with van der Waals surface area (Å²) < 4.78 is 27.2. The van der Waals surface area contributed by atoms with Gasteiger partial charge in [-0.15, -0.1) is 0 Å². The van der Waals surface area contributed by atoms with E-state index >= 15 is 4.39 Å². The van der Waals surface area contributed by atoms with E-state index in [1.54, 1.807) is 35.9 Å². The van der Waals surface area contributed by atoms with Crippen molar-refractivity contribution in [3.05, 3.63) is 57.8 Å². The van der Waals surface area contributed by atoms with E-state index in [0.717, 1.165) is 0 Å². The molecule has 0 bridgehead atoms. The molecule has 9 heteroatoms. The minimum absolute atomic E-state index is 0.0136. The molecular weight excluding hydrogens is 449 g/mol. The number of nitriles is 1. The van der Waals surface area contributed by atoms with Crippen molar-refractivity contribution in [3.63, 3.8) is 0 Å². The number of aryl methyl sites for hydroxylation is 1. The second-order valence-electron chi connectivity index (χ2n) is 9.05. The van der Waals surface area contributed by atoms with Crippen LogP contribution in [0.2, 0.25) is 0 Å². The fourth-order valence-electron chi connectivity index (χ4n) is 4.99. The van der Waals surface area contributed by atoms with Gasteiger partial charge in [0, 0.05) is 56.0 Å². The van der Waals surface area contributed by atoms with Gasteiger partial charge in [0.05, 0.1) is 25.4 Å². The highest BCUT2D eigenvalue weighted by atomic mass is 19.1. The van der Waals surface area contributed by atoms with Gasteiger partial charge in [-0.1, -0.05) is 0 Å². The zero-order chi connectivity index (χ0) is 25.4. The van der Waals surface area contributed by atoms with Crippen molar-refractivity contribution < 1.29 is 13.9 Å². The molecule has 1 saturated heterocycles. The van der Waals surface area contributed by atoms with Crippen molar-refractivity contribution in [3.8, 4) is 17.6 Å². The summed E-state index contributed by atoms with van der Waals surface area (Å²) in [5.41, 5.74) is 2.71. The van der Waals surface area contributed by atoms with Crippen molar-refractivity contribution in [2.24, 2.45) is 7.05 Å². The number of fused-ring (bicyclic) bond motifs is 1. The Balaban J connectivity index is 1.69. The van der Waals surface area contributed by atoms with Crippen LogP contribution < -0.4 is 19.9 Å². The van der Waals surface area contributed by atoms with Gasteiger partial charge in [0.2, 0.25) is 0 Å². The Kier molecular flexibility index (Phi) is 6.68. The van der Waals surface area contributed by atoms with Crippen LogP contribution in [0.15, 0.2) is 35.1 Å². The summed E-state index contributed by atoms with van der Waals surface area (Å²) in [5, 5.41) is 9.36. The number of nitrogens with zero attached hydrogens (tertiary/aromatic N) is 5. The third-order valence-electron chi connectivity index (χ3n) is 6.98. The second kappa shape index (κ2) is 9.55. The van der Waals surface area contributed by atoms with Crippen LogP contribution in [0.25, 0.3) is 11.0 Å². The average Bonchev–Trinajstić information content (AvgIpc) is 2.86. The number of hydrogen-bond acceptors (Lipinski definition) is 7. The van der Waals surface area contributed by atoms with Crippen molar-refractivity contribution in [2.75, 3.05) is 32.2 Å². The summed E-state index contributed by atoms with van der Waals surface area (Å²) in [7, 11) is 4.72. The number of pyridine rings is 2. The van der Waals surface area contributed by atoms with E-state index < -0.39 is 0 Å². The van der Waals surface area contributed by atoms with E-state index in [4.69, 9.17) is 9.47 Å². The van der Waals surface area contributed by atoms with Gasteiger partial charge >= 0.3 is 0 Å².